The first-order valence-electron chi connectivity index (χ1n) is 5.02. The van der Waals surface area contributed by atoms with Crippen molar-refractivity contribution >= 4 is 11.8 Å². The molecule has 1 aliphatic heterocycles. The second-order valence-electron chi connectivity index (χ2n) is 3.60. The highest BCUT2D eigenvalue weighted by Crippen LogP contribution is 2.18. The van der Waals surface area contributed by atoms with Gasteiger partial charge in [-0.1, -0.05) is 0 Å². The summed E-state index contributed by atoms with van der Waals surface area (Å²) in [7, 11) is 0. The first-order valence-corrected chi connectivity index (χ1v) is 5.02. The van der Waals surface area contributed by atoms with E-state index in [4.69, 9.17) is 9.84 Å². The predicted molar refractivity (Wildman–Crippen MR) is 50.0 cm³/mol. The van der Waals surface area contributed by atoms with E-state index < -0.39 is 5.97 Å². The minimum atomic E-state index is -0.829. The van der Waals surface area contributed by atoms with Gasteiger partial charge in [0.25, 0.3) is 0 Å². The zero-order chi connectivity index (χ0) is 10.4. The molecule has 1 saturated heterocycles. The van der Waals surface area contributed by atoms with Gasteiger partial charge in [0, 0.05) is 32.0 Å². The molecule has 1 fully saturated rings. The van der Waals surface area contributed by atoms with Gasteiger partial charge in [-0.2, -0.15) is 0 Å². The molecule has 0 atom stereocenters. The maximum atomic E-state index is 11.5. The zero-order valence-corrected chi connectivity index (χ0v) is 8.20. The predicted octanol–water partition coefficient (Wildman–Crippen LogP) is 1.24. The Labute approximate surface area is 83.2 Å². The number of aliphatic carboxylic acids is 1. The van der Waals surface area contributed by atoms with Gasteiger partial charge >= 0.3 is 5.97 Å². The quantitative estimate of drug-likeness (QED) is 0.725. The summed E-state index contributed by atoms with van der Waals surface area (Å²) in [5, 5.41) is 8.41. The Balaban J connectivity index is 2.16. The molecule has 1 aliphatic rings. The highest BCUT2D eigenvalue weighted by molar-refractivity contribution is 5.81. The summed E-state index contributed by atoms with van der Waals surface area (Å²) >= 11 is 0. The van der Waals surface area contributed by atoms with Gasteiger partial charge in [0.05, 0.1) is 0 Å². The van der Waals surface area contributed by atoms with E-state index >= 15 is 0 Å². The molecule has 80 valence electrons. The van der Waals surface area contributed by atoms with Crippen LogP contribution in [0.3, 0.4) is 0 Å². The van der Waals surface area contributed by atoms with Crippen LogP contribution in [0.5, 0.6) is 0 Å². The average molecular weight is 200 g/mol. The molecule has 4 nitrogen and oxygen atoms in total. The van der Waals surface area contributed by atoms with Crippen molar-refractivity contribution in [3.05, 3.63) is 0 Å². The Morgan fingerprint density at radius 1 is 1.21 bits per heavy atom. The highest BCUT2D eigenvalue weighted by atomic mass is 16.5. The summed E-state index contributed by atoms with van der Waals surface area (Å²) in [5.74, 6) is -0.517. The van der Waals surface area contributed by atoms with Crippen LogP contribution in [0, 0.1) is 5.92 Å². The average Bonchev–Trinajstić information content (AvgIpc) is 2.18. The van der Waals surface area contributed by atoms with Gasteiger partial charge in [-0.25, -0.2) is 0 Å². The van der Waals surface area contributed by atoms with Crippen molar-refractivity contribution in [3.63, 3.8) is 0 Å². The van der Waals surface area contributed by atoms with Gasteiger partial charge < -0.3 is 9.84 Å². The van der Waals surface area contributed by atoms with Gasteiger partial charge in [-0.3, -0.25) is 9.59 Å². The summed E-state index contributed by atoms with van der Waals surface area (Å²) in [4.78, 5) is 21.8. The van der Waals surface area contributed by atoms with Gasteiger partial charge in [-0.15, -0.1) is 0 Å². The summed E-state index contributed by atoms with van der Waals surface area (Å²) in [6.45, 7) is 1.32. The summed E-state index contributed by atoms with van der Waals surface area (Å²) < 4.78 is 5.15. The van der Waals surface area contributed by atoms with Gasteiger partial charge in [0.15, 0.2) is 0 Å². The Morgan fingerprint density at radius 2 is 1.86 bits per heavy atom. The van der Waals surface area contributed by atoms with Crippen LogP contribution in [0.15, 0.2) is 0 Å². The third-order valence-corrected chi connectivity index (χ3v) is 2.49. The van der Waals surface area contributed by atoms with Crippen LogP contribution in [0.2, 0.25) is 0 Å². The lowest BCUT2D eigenvalue weighted by Crippen LogP contribution is -2.23. The molecule has 0 aromatic heterocycles. The lowest BCUT2D eigenvalue weighted by Gasteiger charge is -2.20. The Kier molecular flexibility index (Phi) is 4.59. The number of carbonyl (C=O) groups excluding carboxylic acids is 1. The topological polar surface area (TPSA) is 63.6 Å². The Hall–Kier alpha value is -0.900. The van der Waals surface area contributed by atoms with Crippen LogP contribution >= 0.6 is 0 Å². The van der Waals surface area contributed by atoms with Crippen molar-refractivity contribution < 1.29 is 19.4 Å². The number of ketones is 1. The molecule has 14 heavy (non-hydrogen) atoms. The fourth-order valence-corrected chi connectivity index (χ4v) is 1.64. The van der Waals surface area contributed by atoms with Crippen LogP contribution in [-0.2, 0) is 14.3 Å². The van der Waals surface area contributed by atoms with Crippen molar-refractivity contribution in [2.24, 2.45) is 5.92 Å². The molecule has 1 rings (SSSR count). The second-order valence-corrected chi connectivity index (χ2v) is 3.60. The summed E-state index contributed by atoms with van der Waals surface area (Å²) in [6.07, 6.45) is 2.55. The first kappa shape index (κ1) is 11.2. The number of Topliss-reactive ketones (excluding diaryl/α,β-unsaturated/α-hetero) is 1. The van der Waals surface area contributed by atoms with Gasteiger partial charge in [0.2, 0.25) is 0 Å². The third-order valence-electron chi connectivity index (χ3n) is 2.49. The Bertz CT molecular complexity index is 206. The molecule has 0 unspecified atom stereocenters. The normalized spacial score (nSPS) is 18.0. The SMILES string of the molecule is O=C(O)CCCC(=O)C1CCOCC1. The van der Waals surface area contributed by atoms with E-state index in [1.807, 2.05) is 0 Å². The molecule has 1 N–H and O–H groups in total. The smallest absolute Gasteiger partial charge is 0.303 e. The van der Waals surface area contributed by atoms with Crippen molar-refractivity contribution in [3.8, 4) is 0 Å². The number of carboxylic acids is 1. The lowest BCUT2D eigenvalue weighted by atomic mass is 9.92. The molecule has 0 aliphatic carbocycles. The summed E-state index contributed by atoms with van der Waals surface area (Å²) in [5.41, 5.74) is 0. The minimum absolute atomic E-state index is 0.0922. The molecule has 0 aromatic rings. The number of ether oxygens (including phenoxy) is 1. The Morgan fingerprint density at radius 3 is 2.43 bits per heavy atom. The molecule has 0 amide bonds. The van der Waals surface area contributed by atoms with Crippen LogP contribution < -0.4 is 0 Å². The van der Waals surface area contributed by atoms with E-state index in [0.29, 0.717) is 26.1 Å². The van der Waals surface area contributed by atoms with Gasteiger partial charge in [-0.05, 0) is 19.3 Å². The van der Waals surface area contributed by atoms with Crippen LogP contribution in [0.4, 0.5) is 0 Å². The fourth-order valence-electron chi connectivity index (χ4n) is 1.64. The lowest BCUT2D eigenvalue weighted by molar-refractivity contribution is -0.137. The van der Waals surface area contributed by atoms with Crippen molar-refractivity contribution in [1.82, 2.24) is 0 Å². The van der Waals surface area contributed by atoms with Crippen LogP contribution in [-0.4, -0.2) is 30.1 Å². The van der Waals surface area contributed by atoms with Crippen LogP contribution in [0.1, 0.15) is 32.1 Å². The molecule has 0 aromatic carbocycles. The number of carboxylic acid groups (broad SMARTS) is 1. The standard InChI is InChI=1S/C10H16O4/c11-9(2-1-3-10(12)13)8-4-6-14-7-5-8/h8H,1-7H2,(H,12,13). The number of hydrogen-bond acceptors (Lipinski definition) is 3. The van der Waals surface area contributed by atoms with E-state index in [2.05, 4.69) is 0 Å². The highest BCUT2D eigenvalue weighted by Gasteiger charge is 2.20. The number of carbonyl (C=O) groups is 2. The van der Waals surface area contributed by atoms with E-state index in [1.165, 1.54) is 0 Å². The molecular formula is C10H16O4. The summed E-state index contributed by atoms with van der Waals surface area (Å²) in [6, 6.07) is 0. The zero-order valence-electron chi connectivity index (χ0n) is 8.20. The van der Waals surface area contributed by atoms with Gasteiger partial charge in [0.1, 0.15) is 5.78 Å². The second kappa shape index (κ2) is 5.75. The number of hydrogen-bond donors (Lipinski definition) is 1. The van der Waals surface area contributed by atoms with Crippen molar-refractivity contribution in [2.75, 3.05) is 13.2 Å². The van der Waals surface area contributed by atoms with E-state index in [9.17, 15) is 9.59 Å². The fraction of sp³-hybridized carbons (Fsp3) is 0.800. The van der Waals surface area contributed by atoms with Crippen molar-refractivity contribution in [2.45, 2.75) is 32.1 Å². The van der Waals surface area contributed by atoms with E-state index in [1.54, 1.807) is 0 Å². The molecular weight excluding hydrogens is 184 g/mol. The minimum Gasteiger partial charge on any atom is -0.481 e. The maximum Gasteiger partial charge on any atom is 0.303 e. The molecule has 0 spiro atoms. The van der Waals surface area contributed by atoms with E-state index in [-0.39, 0.29) is 18.1 Å². The van der Waals surface area contributed by atoms with E-state index in [0.717, 1.165) is 12.8 Å². The molecule has 1 heterocycles. The monoisotopic (exact) mass is 200 g/mol. The first-order chi connectivity index (χ1) is 6.70. The molecule has 0 saturated carbocycles. The molecule has 0 radical (unpaired) electrons. The largest absolute Gasteiger partial charge is 0.481 e. The molecule has 0 bridgehead atoms. The van der Waals surface area contributed by atoms with Crippen molar-refractivity contribution in [1.29, 1.82) is 0 Å². The number of rotatable bonds is 5. The van der Waals surface area contributed by atoms with Crippen LogP contribution in [0.25, 0.3) is 0 Å². The third kappa shape index (κ3) is 3.87. The molecule has 4 heteroatoms. The maximum absolute atomic E-state index is 11.5.